The second kappa shape index (κ2) is 7.73. The number of benzene rings is 1. The van der Waals surface area contributed by atoms with Crippen molar-refractivity contribution in [1.29, 1.82) is 0 Å². The number of fused-ring (bicyclic) bond motifs is 2. The number of carbonyl (C=O) groups is 1. The van der Waals surface area contributed by atoms with Crippen LogP contribution in [0.2, 0.25) is 0 Å². The number of aryl methyl sites for hydroxylation is 3. The molecule has 3 aromatic rings. The smallest absolute Gasteiger partial charge is 0.219 e. The molecule has 0 saturated carbocycles. The zero-order valence-electron chi connectivity index (χ0n) is 19.5. The van der Waals surface area contributed by atoms with Crippen molar-refractivity contribution in [3.05, 3.63) is 46.8 Å². The Labute approximate surface area is 193 Å². The van der Waals surface area contributed by atoms with Crippen molar-refractivity contribution in [1.82, 2.24) is 24.5 Å². The van der Waals surface area contributed by atoms with Gasteiger partial charge in [-0.25, -0.2) is 0 Å². The molecule has 0 radical (unpaired) electrons. The molecular formula is C25H30N6O2. The van der Waals surface area contributed by atoms with Gasteiger partial charge in [-0.15, -0.1) is 0 Å². The number of aromatic nitrogens is 4. The molecule has 0 N–H and O–H groups in total. The fourth-order valence-corrected chi connectivity index (χ4v) is 5.26. The van der Waals surface area contributed by atoms with Crippen molar-refractivity contribution in [2.24, 2.45) is 7.05 Å². The van der Waals surface area contributed by atoms with Crippen LogP contribution in [0.5, 0.6) is 0 Å². The number of anilines is 2. The van der Waals surface area contributed by atoms with Crippen LogP contribution in [0.1, 0.15) is 41.9 Å². The summed E-state index contributed by atoms with van der Waals surface area (Å²) < 4.78 is 9.58. The Bertz CT molecular complexity index is 1220. The number of ether oxygens (including phenoxy) is 1. The van der Waals surface area contributed by atoms with Gasteiger partial charge in [-0.05, 0) is 43.5 Å². The predicted molar refractivity (Wildman–Crippen MR) is 126 cm³/mol. The third-order valence-electron chi connectivity index (χ3n) is 7.34. The quantitative estimate of drug-likeness (QED) is 0.618. The first kappa shape index (κ1) is 20.5. The Kier molecular flexibility index (Phi) is 4.79. The molecule has 6 rings (SSSR count). The van der Waals surface area contributed by atoms with Crippen molar-refractivity contribution >= 4 is 17.4 Å². The Morgan fingerprint density at radius 1 is 1.12 bits per heavy atom. The lowest BCUT2D eigenvalue weighted by molar-refractivity contribution is -0.129. The summed E-state index contributed by atoms with van der Waals surface area (Å²) in [6, 6.07) is 9.11. The van der Waals surface area contributed by atoms with Crippen LogP contribution >= 0.6 is 0 Å². The van der Waals surface area contributed by atoms with Crippen molar-refractivity contribution < 1.29 is 9.53 Å². The van der Waals surface area contributed by atoms with Crippen molar-refractivity contribution in [2.75, 3.05) is 31.2 Å². The van der Waals surface area contributed by atoms with E-state index in [1.807, 2.05) is 16.6 Å². The number of hydrogen-bond acceptors (Lipinski definition) is 5. The summed E-state index contributed by atoms with van der Waals surface area (Å²) in [4.78, 5) is 16.5. The maximum atomic E-state index is 12.2. The normalized spacial score (nSPS) is 18.2. The van der Waals surface area contributed by atoms with Crippen molar-refractivity contribution in [3.8, 4) is 11.3 Å². The van der Waals surface area contributed by atoms with E-state index >= 15 is 0 Å². The van der Waals surface area contributed by atoms with E-state index in [4.69, 9.17) is 9.84 Å². The number of carbonyl (C=O) groups excluding carboxylic acids is 1. The first-order valence-electron chi connectivity index (χ1n) is 11.8. The molecule has 0 bridgehead atoms. The highest BCUT2D eigenvalue weighted by Crippen LogP contribution is 2.40. The summed E-state index contributed by atoms with van der Waals surface area (Å²) in [6.45, 7) is 7.48. The van der Waals surface area contributed by atoms with Crippen LogP contribution in [0.25, 0.3) is 11.3 Å². The summed E-state index contributed by atoms with van der Waals surface area (Å²) >= 11 is 0. The molecule has 0 atom stereocenters. The van der Waals surface area contributed by atoms with Gasteiger partial charge in [-0.2, -0.15) is 10.2 Å². The van der Waals surface area contributed by atoms with E-state index in [1.54, 1.807) is 6.92 Å². The van der Waals surface area contributed by atoms with Crippen LogP contribution in [0.3, 0.4) is 0 Å². The fourth-order valence-electron chi connectivity index (χ4n) is 5.26. The van der Waals surface area contributed by atoms with Crippen LogP contribution in [-0.4, -0.2) is 56.7 Å². The van der Waals surface area contributed by atoms with E-state index in [-0.39, 0.29) is 5.91 Å². The standard InChI is InChI=1S/C25H30N6O2/c1-16-11-22(26-28(16)3)18-6-7-23-19(12-18)5-4-9-30(23)25-21-13-29(17(2)32)10-8-24(21)31(27-25)20-14-33-15-20/h6-7,11-12,20H,4-5,8-10,13-15H2,1-3H3. The Hall–Kier alpha value is -3.13. The molecule has 172 valence electrons. The molecular weight excluding hydrogens is 416 g/mol. The largest absolute Gasteiger partial charge is 0.377 e. The highest BCUT2D eigenvalue weighted by atomic mass is 16.5. The monoisotopic (exact) mass is 446 g/mol. The Balaban J connectivity index is 1.41. The van der Waals surface area contributed by atoms with Crippen LogP contribution in [0.4, 0.5) is 11.5 Å². The third-order valence-corrected chi connectivity index (χ3v) is 7.34. The predicted octanol–water partition coefficient (Wildman–Crippen LogP) is 3.15. The van der Waals surface area contributed by atoms with Crippen LogP contribution in [0.15, 0.2) is 24.3 Å². The summed E-state index contributed by atoms with van der Waals surface area (Å²) in [7, 11) is 1.98. The maximum absolute atomic E-state index is 12.2. The van der Waals surface area contributed by atoms with E-state index in [0.29, 0.717) is 25.8 Å². The Morgan fingerprint density at radius 3 is 2.67 bits per heavy atom. The number of amides is 1. The summed E-state index contributed by atoms with van der Waals surface area (Å²) in [5, 5.41) is 9.80. The van der Waals surface area contributed by atoms with E-state index in [9.17, 15) is 4.79 Å². The summed E-state index contributed by atoms with van der Waals surface area (Å²) in [6.07, 6.45) is 2.96. The maximum Gasteiger partial charge on any atom is 0.219 e. The molecule has 5 heterocycles. The molecule has 1 fully saturated rings. The lowest BCUT2D eigenvalue weighted by Crippen LogP contribution is -2.37. The highest BCUT2D eigenvalue weighted by molar-refractivity contribution is 5.76. The first-order valence-corrected chi connectivity index (χ1v) is 11.8. The number of rotatable bonds is 3. The lowest BCUT2D eigenvalue weighted by atomic mass is 9.97. The molecule has 1 amide bonds. The van der Waals surface area contributed by atoms with E-state index < -0.39 is 0 Å². The Morgan fingerprint density at radius 2 is 1.97 bits per heavy atom. The zero-order valence-corrected chi connectivity index (χ0v) is 19.5. The zero-order chi connectivity index (χ0) is 22.7. The second-order valence-corrected chi connectivity index (χ2v) is 9.47. The number of nitrogens with zero attached hydrogens (tertiary/aromatic N) is 6. The van der Waals surface area contributed by atoms with Gasteiger partial charge in [0.1, 0.15) is 0 Å². The van der Waals surface area contributed by atoms with Crippen LogP contribution in [-0.2, 0) is 36.0 Å². The van der Waals surface area contributed by atoms with E-state index in [2.05, 4.69) is 45.9 Å². The molecule has 8 nitrogen and oxygen atoms in total. The van der Waals surface area contributed by atoms with Crippen LogP contribution in [0, 0.1) is 6.92 Å². The molecule has 2 aromatic heterocycles. The van der Waals surface area contributed by atoms with Crippen LogP contribution < -0.4 is 4.90 Å². The molecule has 8 heteroatoms. The van der Waals surface area contributed by atoms with Crippen molar-refractivity contribution in [3.63, 3.8) is 0 Å². The average molecular weight is 447 g/mol. The minimum Gasteiger partial charge on any atom is -0.377 e. The molecule has 33 heavy (non-hydrogen) atoms. The minimum absolute atomic E-state index is 0.126. The second-order valence-electron chi connectivity index (χ2n) is 9.47. The molecule has 3 aliphatic heterocycles. The van der Waals surface area contributed by atoms with E-state index in [0.717, 1.165) is 55.1 Å². The summed E-state index contributed by atoms with van der Waals surface area (Å²) in [5.74, 6) is 1.13. The van der Waals surface area contributed by atoms with Gasteiger partial charge >= 0.3 is 0 Å². The van der Waals surface area contributed by atoms with Gasteiger partial charge in [0.05, 0.1) is 31.5 Å². The van der Waals surface area contributed by atoms with Gasteiger partial charge in [-0.3, -0.25) is 14.2 Å². The minimum atomic E-state index is 0.126. The molecule has 0 aliphatic carbocycles. The molecule has 1 saturated heterocycles. The SMILES string of the molecule is CC(=O)N1CCc2c(c(N3CCCc4cc(-c5cc(C)n(C)n5)ccc43)nn2C2COC2)C1. The van der Waals surface area contributed by atoms with Gasteiger partial charge < -0.3 is 14.5 Å². The lowest BCUT2D eigenvalue weighted by Gasteiger charge is -2.33. The van der Waals surface area contributed by atoms with Gasteiger partial charge in [-0.1, -0.05) is 6.07 Å². The molecule has 0 unspecified atom stereocenters. The van der Waals surface area contributed by atoms with Gasteiger partial charge in [0.2, 0.25) is 5.91 Å². The first-order chi connectivity index (χ1) is 16.0. The van der Waals surface area contributed by atoms with Gasteiger partial charge in [0, 0.05) is 61.7 Å². The van der Waals surface area contributed by atoms with Gasteiger partial charge in [0.15, 0.2) is 5.82 Å². The highest BCUT2D eigenvalue weighted by Gasteiger charge is 2.34. The number of hydrogen-bond donors (Lipinski definition) is 0. The van der Waals surface area contributed by atoms with Crippen molar-refractivity contribution in [2.45, 2.75) is 45.7 Å². The third kappa shape index (κ3) is 3.35. The topological polar surface area (TPSA) is 68.4 Å². The molecule has 1 aromatic carbocycles. The van der Waals surface area contributed by atoms with Gasteiger partial charge in [0.25, 0.3) is 0 Å². The summed E-state index contributed by atoms with van der Waals surface area (Å²) in [5.41, 5.74) is 8.33. The average Bonchev–Trinajstić information content (AvgIpc) is 3.31. The van der Waals surface area contributed by atoms with E-state index in [1.165, 1.54) is 22.5 Å². The molecule has 0 spiro atoms. The molecule has 3 aliphatic rings. The fraction of sp³-hybridized carbons (Fsp3) is 0.480.